The lowest BCUT2D eigenvalue weighted by molar-refractivity contribution is 0.306. The van der Waals surface area contributed by atoms with Crippen LogP contribution in [-0.4, -0.2) is 0 Å². The first-order chi connectivity index (χ1) is 10.8. The molecule has 0 unspecified atom stereocenters. The number of ether oxygens (including phenoxy) is 1. The molecule has 0 aromatic heterocycles. The van der Waals surface area contributed by atoms with E-state index in [1.165, 1.54) is 16.7 Å². The first kappa shape index (κ1) is 14.7. The lowest BCUT2D eigenvalue weighted by Crippen LogP contribution is -1.94. The van der Waals surface area contributed by atoms with Gasteiger partial charge in [-0.15, -0.1) is 11.6 Å². The van der Waals surface area contributed by atoms with E-state index in [4.69, 9.17) is 16.3 Å². The SMILES string of the molecule is ClCc1cccc(-c2ccc(OCc3ccccc3)cc2)c1. The second-order valence-electron chi connectivity index (χ2n) is 5.13. The Morgan fingerprint density at radius 3 is 2.14 bits per heavy atom. The summed E-state index contributed by atoms with van der Waals surface area (Å²) in [5.74, 6) is 1.41. The first-order valence-electron chi connectivity index (χ1n) is 7.27. The van der Waals surface area contributed by atoms with E-state index in [1.807, 2.05) is 42.5 Å². The van der Waals surface area contributed by atoms with Crippen LogP contribution in [0.15, 0.2) is 78.9 Å². The molecule has 0 aliphatic rings. The topological polar surface area (TPSA) is 9.23 Å². The zero-order valence-electron chi connectivity index (χ0n) is 12.2. The Balaban J connectivity index is 1.69. The van der Waals surface area contributed by atoms with Crippen molar-refractivity contribution in [2.24, 2.45) is 0 Å². The molecule has 22 heavy (non-hydrogen) atoms. The van der Waals surface area contributed by atoms with Gasteiger partial charge in [-0.25, -0.2) is 0 Å². The number of benzene rings is 3. The third kappa shape index (κ3) is 3.69. The average Bonchev–Trinajstić information content (AvgIpc) is 2.61. The van der Waals surface area contributed by atoms with E-state index in [1.54, 1.807) is 0 Å². The monoisotopic (exact) mass is 308 g/mol. The Morgan fingerprint density at radius 1 is 0.682 bits per heavy atom. The highest BCUT2D eigenvalue weighted by Gasteiger charge is 2.01. The van der Waals surface area contributed by atoms with Crippen molar-refractivity contribution in [3.05, 3.63) is 90.0 Å². The molecule has 0 saturated heterocycles. The summed E-state index contributed by atoms with van der Waals surface area (Å²) in [5, 5.41) is 0. The predicted octanol–water partition coefficient (Wildman–Crippen LogP) is 5.67. The maximum atomic E-state index is 5.89. The molecule has 0 N–H and O–H groups in total. The van der Waals surface area contributed by atoms with Gasteiger partial charge in [-0.1, -0.05) is 60.7 Å². The predicted molar refractivity (Wildman–Crippen MR) is 92.2 cm³/mol. The molecule has 3 aromatic carbocycles. The Labute approximate surface area is 136 Å². The Hall–Kier alpha value is -2.25. The van der Waals surface area contributed by atoms with Crippen molar-refractivity contribution in [3.63, 3.8) is 0 Å². The van der Waals surface area contributed by atoms with Gasteiger partial charge in [0.2, 0.25) is 0 Å². The molecule has 3 rings (SSSR count). The van der Waals surface area contributed by atoms with Gasteiger partial charge >= 0.3 is 0 Å². The molecule has 0 bridgehead atoms. The van der Waals surface area contributed by atoms with E-state index in [-0.39, 0.29) is 0 Å². The van der Waals surface area contributed by atoms with Gasteiger partial charge < -0.3 is 4.74 Å². The second kappa shape index (κ2) is 7.15. The van der Waals surface area contributed by atoms with Gasteiger partial charge in [0.1, 0.15) is 12.4 Å². The molecule has 0 atom stereocenters. The number of alkyl halides is 1. The fourth-order valence-corrected chi connectivity index (χ4v) is 2.48. The fraction of sp³-hybridized carbons (Fsp3) is 0.100. The molecule has 2 heteroatoms. The highest BCUT2D eigenvalue weighted by Crippen LogP contribution is 2.24. The van der Waals surface area contributed by atoms with Crippen LogP contribution in [0, 0.1) is 0 Å². The van der Waals surface area contributed by atoms with E-state index in [9.17, 15) is 0 Å². The molecule has 110 valence electrons. The van der Waals surface area contributed by atoms with Crippen molar-refractivity contribution in [2.75, 3.05) is 0 Å². The summed E-state index contributed by atoms with van der Waals surface area (Å²) in [5.41, 5.74) is 4.64. The van der Waals surface area contributed by atoms with Crippen LogP contribution >= 0.6 is 11.6 Å². The molecular weight excluding hydrogens is 292 g/mol. The molecule has 1 nitrogen and oxygen atoms in total. The highest BCUT2D eigenvalue weighted by atomic mass is 35.5. The minimum absolute atomic E-state index is 0.534. The van der Waals surface area contributed by atoms with Crippen molar-refractivity contribution >= 4 is 11.6 Å². The van der Waals surface area contributed by atoms with E-state index in [0.29, 0.717) is 12.5 Å². The summed E-state index contributed by atoms with van der Waals surface area (Å²) < 4.78 is 5.81. The summed E-state index contributed by atoms with van der Waals surface area (Å²) in [4.78, 5) is 0. The normalized spacial score (nSPS) is 10.4. The van der Waals surface area contributed by atoms with E-state index >= 15 is 0 Å². The number of hydrogen-bond donors (Lipinski definition) is 0. The molecular formula is C20H17ClO. The minimum atomic E-state index is 0.534. The van der Waals surface area contributed by atoms with Crippen molar-refractivity contribution in [1.82, 2.24) is 0 Å². The number of hydrogen-bond acceptors (Lipinski definition) is 1. The molecule has 0 fully saturated rings. The van der Waals surface area contributed by atoms with Crippen LogP contribution in [0.2, 0.25) is 0 Å². The second-order valence-corrected chi connectivity index (χ2v) is 5.40. The van der Waals surface area contributed by atoms with Crippen LogP contribution in [0.5, 0.6) is 5.75 Å². The van der Waals surface area contributed by atoms with Gasteiger partial charge in [0, 0.05) is 5.88 Å². The molecule has 0 saturated carbocycles. The third-order valence-corrected chi connectivity index (χ3v) is 3.83. The van der Waals surface area contributed by atoms with E-state index in [0.717, 1.165) is 11.3 Å². The molecule has 0 radical (unpaired) electrons. The Kier molecular flexibility index (Phi) is 4.77. The quantitative estimate of drug-likeness (QED) is 0.552. The molecule has 0 aliphatic carbocycles. The molecule has 0 amide bonds. The summed E-state index contributed by atoms with van der Waals surface area (Å²) in [6.07, 6.45) is 0. The molecule has 0 heterocycles. The minimum Gasteiger partial charge on any atom is -0.489 e. The number of halogens is 1. The van der Waals surface area contributed by atoms with Crippen LogP contribution in [0.4, 0.5) is 0 Å². The van der Waals surface area contributed by atoms with Gasteiger partial charge in [0.15, 0.2) is 0 Å². The number of rotatable bonds is 5. The van der Waals surface area contributed by atoms with E-state index in [2.05, 4.69) is 36.4 Å². The van der Waals surface area contributed by atoms with Crippen molar-refractivity contribution < 1.29 is 4.74 Å². The zero-order chi connectivity index (χ0) is 15.2. The molecule has 3 aromatic rings. The fourth-order valence-electron chi connectivity index (χ4n) is 2.32. The first-order valence-corrected chi connectivity index (χ1v) is 7.81. The largest absolute Gasteiger partial charge is 0.489 e. The van der Waals surface area contributed by atoms with Crippen LogP contribution in [0.3, 0.4) is 0 Å². The van der Waals surface area contributed by atoms with Crippen molar-refractivity contribution in [3.8, 4) is 16.9 Å². The summed E-state index contributed by atoms with van der Waals surface area (Å²) in [7, 11) is 0. The van der Waals surface area contributed by atoms with Gasteiger partial charge in [0.25, 0.3) is 0 Å². The molecule has 0 aliphatic heterocycles. The Morgan fingerprint density at radius 2 is 1.41 bits per heavy atom. The Bertz CT molecular complexity index is 720. The van der Waals surface area contributed by atoms with E-state index < -0.39 is 0 Å². The van der Waals surface area contributed by atoms with Crippen LogP contribution < -0.4 is 4.74 Å². The zero-order valence-corrected chi connectivity index (χ0v) is 13.0. The highest BCUT2D eigenvalue weighted by molar-refractivity contribution is 6.17. The van der Waals surface area contributed by atoms with Crippen LogP contribution in [-0.2, 0) is 12.5 Å². The maximum absolute atomic E-state index is 5.89. The smallest absolute Gasteiger partial charge is 0.119 e. The van der Waals surface area contributed by atoms with Gasteiger partial charge in [-0.3, -0.25) is 0 Å². The van der Waals surface area contributed by atoms with Gasteiger partial charge in [0.05, 0.1) is 0 Å². The van der Waals surface area contributed by atoms with Crippen molar-refractivity contribution in [1.29, 1.82) is 0 Å². The lowest BCUT2D eigenvalue weighted by Gasteiger charge is -2.08. The summed E-state index contributed by atoms with van der Waals surface area (Å²) >= 11 is 5.89. The standard InChI is InChI=1S/C20H17ClO/c21-14-17-7-4-8-19(13-17)18-9-11-20(12-10-18)22-15-16-5-2-1-3-6-16/h1-13H,14-15H2. The van der Waals surface area contributed by atoms with Gasteiger partial charge in [-0.2, -0.15) is 0 Å². The maximum Gasteiger partial charge on any atom is 0.119 e. The average molecular weight is 309 g/mol. The van der Waals surface area contributed by atoms with Crippen LogP contribution in [0.1, 0.15) is 11.1 Å². The molecule has 0 spiro atoms. The van der Waals surface area contributed by atoms with Crippen LogP contribution in [0.25, 0.3) is 11.1 Å². The van der Waals surface area contributed by atoms with Gasteiger partial charge in [-0.05, 0) is 40.5 Å². The third-order valence-electron chi connectivity index (χ3n) is 3.52. The van der Waals surface area contributed by atoms with Crippen molar-refractivity contribution in [2.45, 2.75) is 12.5 Å². The summed E-state index contributed by atoms with van der Waals surface area (Å²) in [6.45, 7) is 0.585. The summed E-state index contributed by atoms with van der Waals surface area (Å²) in [6, 6.07) is 26.6. The lowest BCUT2D eigenvalue weighted by atomic mass is 10.0.